The Balaban J connectivity index is 1.62. The fraction of sp³-hybridized carbons (Fsp3) is 0.842. The first-order valence-electron chi connectivity index (χ1n) is 11.0. The van der Waals surface area contributed by atoms with Crippen LogP contribution in [-0.4, -0.2) is 48.0 Å². The number of nitrogens with two attached hydrogens (primary N) is 1. The van der Waals surface area contributed by atoms with Crippen LogP contribution in [0.2, 0.25) is 0 Å². The average molecular weight is 486 g/mol. The van der Waals surface area contributed by atoms with Gasteiger partial charge in [-0.25, -0.2) is 15.8 Å². The first kappa shape index (κ1) is 24.7. The molecule has 3 fully saturated rings. The smallest absolute Gasteiger partial charge is 0.395 e. The van der Waals surface area contributed by atoms with Gasteiger partial charge in [-0.2, -0.15) is 26.3 Å². The minimum Gasteiger partial charge on any atom is -0.447 e. The van der Waals surface area contributed by atoms with Crippen LogP contribution in [0.5, 0.6) is 0 Å². The molecule has 0 radical (unpaired) electrons. The van der Waals surface area contributed by atoms with Crippen molar-refractivity contribution in [1.29, 1.82) is 0 Å². The van der Waals surface area contributed by atoms with E-state index in [-0.39, 0.29) is 18.7 Å². The summed E-state index contributed by atoms with van der Waals surface area (Å²) in [4.78, 5) is 4.07. The van der Waals surface area contributed by atoms with Gasteiger partial charge in [0, 0.05) is 6.04 Å². The van der Waals surface area contributed by atoms with Gasteiger partial charge in [0.15, 0.2) is 0 Å². The van der Waals surface area contributed by atoms with Gasteiger partial charge in [0.05, 0.1) is 36.3 Å². The molecule has 6 N–H and O–H groups in total. The van der Waals surface area contributed by atoms with E-state index in [1.54, 1.807) is 0 Å². The molecule has 14 heteroatoms. The van der Waals surface area contributed by atoms with E-state index in [1.165, 1.54) is 12.5 Å². The van der Waals surface area contributed by atoms with Crippen molar-refractivity contribution in [3.05, 3.63) is 18.4 Å². The number of hydrogen-bond acceptors (Lipinski definition) is 8. The van der Waals surface area contributed by atoms with Crippen LogP contribution in [0.4, 0.5) is 26.3 Å². The number of oxazole rings is 1. The molecule has 188 valence electrons. The fourth-order valence-electron chi connectivity index (χ4n) is 4.86. The molecule has 3 aliphatic rings. The number of rotatable bonds is 1. The molecule has 0 saturated carbocycles. The van der Waals surface area contributed by atoms with Crippen LogP contribution in [0.3, 0.4) is 0 Å². The minimum absolute atomic E-state index is 0.143. The van der Waals surface area contributed by atoms with Crippen LogP contribution >= 0.6 is 0 Å². The van der Waals surface area contributed by atoms with Crippen molar-refractivity contribution in [3.8, 4) is 0 Å². The van der Waals surface area contributed by atoms with E-state index in [9.17, 15) is 26.3 Å². The third-order valence-corrected chi connectivity index (χ3v) is 6.59. The molecule has 0 aliphatic carbocycles. The van der Waals surface area contributed by atoms with E-state index >= 15 is 0 Å². The molecular weight excluding hydrogens is 458 g/mol. The molecule has 8 atom stereocenters. The Morgan fingerprint density at radius 3 is 2.27 bits per heavy atom. The number of aromatic nitrogens is 1. The molecule has 33 heavy (non-hydrogen) atoms. The first-order valence-corrected chi connectivity index (χ1v) is 11.0. The number of hydrazine groups is 1. The summed E-state index contributed by atoms with van der Waals surface area (Å²) in [7, 11) is 0. The van der Waals surface area contributed by atoms with Crippen molar-refractivity contribution < 1.29 is 35.5 Å². The second-order valence-electron chi connectivity index (χ2n) is 8.86. The summed E-state index contributed by atoms with van der Waals surface area (Å²) in [6, 6.07) is -2.53. The molecule has 0 aromatic carbocycles. The van der Waals surface area contributed by atoms with Crippen molar-refractivity contribution in [2.45, 2.75) is 87.6 Å². The van der Waals surface area contributed by atoms with Gasteiger partial charge >= 0.3 is 12.4 Å². The van der Waals surface area contributed by atoms with E-state index in [2.05, 4.69) is 26.5 Å². The molecule has 3 aliphatic heterocycles. The Labute approximate surface area is 186 Å². The van der Waals surface area contributed by atoms with Crippen molar-refractivity contribution in [3.63, 3.8) is 0 Å². The molecule has 1 aromatic rings. The molecule has 1 aromatic heterocycles. The number of hydrogen-bond donors (Lipinski definition) is 5. The van der Waals surface area contributed by atoms with Gasteiger partial charge in [0.2, 0.25) is 5.89 Å². The van der Waals surface area contributed by atoms with E-state index in [1.807, 2.05) is 0 Å². The first-order chi connectivity index (χ1) is 15.5. The second-order valence-corrected chi connectivity index (χ2v) is 8.86. The quantitative estimate of drug-likeness (QED) is 0.385. The summed E-state index contributed by atoms with van der Waals surface area (Å²) in [6.07, 6.45) is -8.99. The molecule has 7 unspecified atom stereocenters. The van der Waals surface area contributed by atoms with Gasteiger partial charge in [-0.1, -0.05) is 19.3 Å². The molecule has 4 bridgehead atoms. The second kappa shape index (κ2) is 9.66. The highest BCUT2D eigenvalue weighted by molar-refractivity contribution is 5.02. The Hall–Kier alpha value is -1.45. The fourth-order valence-corrected chi connectivity index (χ4v) is 4.86. The lowest BCUT2D eigenvalue weighted by atomic mass is 9.86. The standard InChI is InChI=1S/C19H28F6N6O2/c20-18(21,22)9-4-2-1-3-5-12(16-27-6-7-32-16)28-14-10(19(23,24)25)8-11(26)13(29-14)17-31-30-15(9)33-17/h6-7,9-15,17,28-31H,1-5,8,26H2/t9-,10?,11?,12?,13?,14?,15?,17?/m1/s1. The largest absolute Gasteiger partial charge is 0.447 e. The van der Waals surface area contributed by atoms with E-state index in [0.717, 1.165) is 0 Å². The number of nitrogens with zero attached hydrogens (tertiary/aromatic N) is 1. The SMILES string of the molecule is NC1CC(C(F)(F)F)C2NC(c3ncco3)CCCCC[C@@H](C(F)(F)F)C3NNC(O3)C1N2. The number of ether oxygens (including phenoxy) is 1. The van der Waals surface area contributed by atoms with Gasteiger partial charge in [0.1, 0.15) is 18.7 Å². The summed E-state index contributed by atoms with van der Waals surface area (Å²) in [5.74, 6) is -3.36. The predicted octanol–water partition coefficient (Wildman–Crippen LogP) is 2.42. The average Bonchev–Trinajstić information content (AvgIpc) is 3.40. The van der Waals surface area contributed by atoms with Crippen molar-refractivity contribution in [2.75, 3.05) is 0 Å². The van der Waals surface area contributed by atoms with Crippen molar-refractivity contribution >= 4 is 0 Å². The Morgan fingerprint density at radius 1 is 0.909 bits per heavy atom. The Bertz CT molecular complexity index is 763. The third-order valence-electron chi connectivity index (χ3n) is 6.59. The normalized spacial score (nSPS) is 39.2. The maximum atomic E-state index is 13.9. The summed E-state index contributed by atoms with van der Waals surface area (Å²) in [5, 5.41) is 5.84. The van der Waals surface area contributed by atoms with E-state index < -0.39 is 67.4 Å². The van der Waals surface area contributed by atoms with Crippen molar-refractivity contribution in [2.24, 2.45) is 17.6 Å². The van der Waals surface area contributed by atoms with Crippen LogP contribution in [0.25, 0.3) is 0 Å². The van der Waals surface area contributed by atoms with Crippen LogP contribution in [0, 0.1) is 11.8 Å². The van der Waals surface area contributed by atoms with Crippen LogP contribution < -0.4 is 27.2 Å². The number of halogens is 6. The third kappa shape index (κ3) is 5.62. The van der Waals surface area contributed by atoms with Gasteiger partial charge in [-0.3, -0.25) is 10.6 Å². The van der Waals surface area contributed by atoms with Gasteiger partial charge in [-0.05, 0) is 19.3 Å². The summed E-state index contributed by atoms with van der Waals surface area (Å²) in [6.45, 7) is 0. The van der Waals surface area contributed by atoms with Crippen LogP contribution in [0.15, 0.2) is 16.9 Å². The maximum absolute atomic E-state index is 13.9. The number of piperidine rings is 1. The zero-order valence-electron chi connectivity index (χ0n) is 17.6. The summed E-state index contributed by atoms with van der Waals surface area (Å²) >= 11 is 0. The van der Waals surface area contributed by atoms with Gasteiger partial charge in [-0.15, -0.1) is 0 Å². The van der Waals surface area contributed by atoms with Crippen LogP contribution in [0.1, 0.15) is 50.5 Å². The summed E-state index contributed by atoms with van der Waals surface area (Å²) < 4.78 is 93.6. The zero-order chi connectivity index (χ0) is 23.8. The Kier molecular flexibility index (Phi) is 7.22. The Morgan fingerprint density at radius 2 is 1.61 bits per heavy atom. The maximum Gasteiger partial charge on any atom is 0.395 e. The van der Waals surface area contributed by atoms with Gasteiger partial charge in [0.25, 0.3) is 0 Å². The monoisotopic (exact) mass is 486 g/mol. The van der Waals surface area contributed by atoms with E-state index in [4.69, 9.17) is 14.9 Å². The number of alkyl halides is 6. The number of nitrogens with one attached hydrogen (secondary N) is 4. The highest BCUT2D eigenvalue weighted by Gasteiger charge is 2.54. The lowest BCUT2D eigenvalue weighted by molar-refractivity contribution is -0.215. The highest BCUT2D eigenvalue weighted by Crippen LogP contribution is 2.39. The minimum atomic E-state index is -4.55. The number of fused-ring (bicyclic) bond motifs is 5. The molecule has 8 nitrogen and oxygen atoms in total. The lowest BCUT2D eigenvalue weighted by Crippen LogP contribution is -2.69. The predicted molar refractivity (Wildman–Crippen MR) is 103 cm³/mol. The highest BCUT2D eigenvalue weighted by atomic mass is 19.4. The lowest BCUT2D eigenvalue weighted by Gasteiger charge is -2.44. The molecular formula is C19H28F6N6O2. The summed E-state index contributed by atoms with van der Waals surface area (Å²) in [5.41, 5.74) is 11.2. The molecule has 4 rings (SSSR count). The van der Waals surface area contributed by atoms with Crippen molar-refractivity contribution in [1.82, 2.24) is 26.5 Å². The molecule has 4 heterocycles. The molecule has 3 saturated heterocycles. The van der Waals surface area contributed by atoms with Crippen LogP contribution in [-0.2, 0) is 4.74 Å². The zero-order valence-corrected chi connectivity index (χ0v) is 17.6. The molecule has 0 amide bonds. The van der Waals surface area contributed by atoms with Gasteiger partial charge < -0.3 is 14.9 Å². The van der Waals surface area contributed by atoms with E-state index in [0.29, 0.717) is 19.3 Å². The molecule has 0 spiro atoms. The topological polar surface area (TPSA) is 109 Å².